The van der Waals surface area contributed by atoms with Crippen LogP contribution in [-0.2, 0) is 18.0 Å². The number of hydroxylamine groups is 1. The maximum absolute atomic E-state index is 5.33. The largest absolute Gasteiger partial charge is 0.457 e. The average Bonchev–Trinajstić information content (AvgIpc) is 2.72. The Morgan fingerprint density at radius 1 is 1.19 bits per heavy atom. The van der Waals surface area contributed by atoms with Gasteiger partial charge in [-0.05, 0) is 27.6 Å². The Kier molecular flexibility index (Phi) is 4.16. The van der Waals surface area contributed by atoms with E-state index in [0.29, 0.717) is 13.2 Å². The molecule has 0 bridgehead atoms. The zero-order valence-corrected chi connectivity index (χ0v) is 10.2. The molecule has 0 fully saturated rings. The molecule has 0 aliphatic rings. The lowest BCUT2D eigenvalue weighted by atomic mass is 10.2. The highest BCUT2D eigenvalue weighted by Gasteiger charge is 1.98. The van der Waals surface area contributed by atoms with Gasteiger partial charge >= 0.3 is 0 Å². The molecular weight excluding hydrogens is 270 g/mol. The lowest BCUT2D eigenvalue weighted by molar-refractivity contribution is 0.0234. The second kappa shape index (κ2) is 5.84. The van der Waals surface area contributed by atoms with E-state index in [1.54, 1.807) is 6.26 Å². The van der Waals surface area contributed by atoms with Gasteiger partial charge in [-0.25, -0.2) is 0 Å². The summed E-state index contributed by atoms with van der Waals surface area (Å²) in [6.07, 6.45) is 1.68. The minimum absolute atomic E-state index is 0.555. The summed E-state index contributed by atoms with van der Waals surface area (Å²) in [5.74, 6) is 0. The Morgan fingerprint density at radius 2 is 2.00 bits per heavy atom. The fourth-order valence-corrected chi connectivity index (χ4v) is 1.67. The molecule has 0 saturated carbocycles. The van der Waals surface area contributed by atoms with Gasteiger partial charge in [0.05, 0.1) is 12.9 Å². The quantitative estimate of drug-likeness (QED) is 0.675. The summed E-state index contributed by atoms with van der Waals surface area (Å²) in [6.45, 7) is 1.18. The third-order valence-electron chi connectivity index (χ3n) is 2.08. The van der Waals surface area contributed by atoms with Crippen LogP contribution in [0.5, 0.6) is 0 Å². The molecule has 4 heteroatoms. The van der Waals surface area contributed by atoms with Crippen LogP contribution in [-0.4, -0.2) is 0 Å². The number of halogens is 1. The predicted octanol–water partition coefficient (Wildman–Crippen LogP) is 3.26. The number of furan rings is 1. The molecular formula is C12H12BrNO2. The van der Waals surface area contributed by atoms with Crippen molar-refractivity contribution in [3.05, 3.63) is 58.5 Å². The van der Waals surface area contributed by atoms with Crippen molar-refractivity contribution in [1.82, 2.24) is 5.48 Å². The van der Waals surface area contributed by atoms with Crippen LogP contribution in [0, 0.1) is 0 Å². The summed E-state index contributed by atoms with van der Waals surface area (Å²) in [4.78, 5) is 5.33. The zero-order valence-electron chi connectivity index (χ0n) is 8.65. The van der Waals surface area contributed by atoms with Crippen molar-refractivity contribution in [2.45, 2.75) is 13.2 Å². The Bertz CT molecular complexity index is 428. The van der Waals surface area contributed by atoms with Crippen LogP contribution < -0.4 is 5.48 Å². The molecule has 1 aromatic heterocycles. The van der Waals surface area contributed by atoms with Gasteiger partial charge in [0, 0.05) is 12.1 Å². The van der Waals surface area contributed by atoms with Gasteiger partial charge in [-0.3, -0.25) is 4.84 Å². The number of benzene rings is 1. The Balaban J connectivity index is 1.69. The average molecular weight is 282 g/mol. The van der Waals surface area contributed by atoms with Crippen molar-refractivity contribution >= 4 is 15.9 Å². The highest BCUT2D eigenvalue weighted by molar-refractivity contribution is 9.10. The first-order valence-electron chi connectivity index (χ1n) is 4.96. The summed E-state index contributed by atoms with van der Waals surface area (Å²) >= 11 is 3.24. The lowest BCUT2D eigenvalue weighted by Gasteiger charge is -2.04. The molecule has 0 aliphatic carbocycles. The van der Waals surface area contributed by atoms with Crippen LogP contribution >= 0.6 is 15.9 Å². The van der Waals surface area contributed by atoms with E-state index in [1.165, 1.54) is 0 Å². The van der Waals surface area contributed by atoms with Crippen molar-refractivity contribution < 1.29 is 9.25 Å². The molecule has 0 atom stereocenters. The van der Waals surface area contributed by atoms with Crippen LogP contribution in [0.1, 0.15) is 11.1 Å². The van der Waals surface area contributed by atoms with Crippen molar-refractivity contribution in [2.75, 3.05) is 0 Å². The van der Waals surface area contributed by atoms with Crippen molar-refractivity contribution in [3.8, 4) is 0 Å². The van der Waals surface area contributed by atoms with E-state index in [9.17, 15) is 0 Å². The van der Waals surface area contributed by atoms with Crippen LogP contribution in [0.15, 0.2) is 51.7 Å². The highest BCUT2D eigenvalue weighted by Crippen LogP contribution is 2.13. The molecule has 0 radical (unpaired) electrons. The molecule has 2 aromatic rings. The third kappa shape index (κ3) is 3.48. The molecule has 0 spiro atoms. The monoisotopic (exact) mass is 281 g/mol. The van der Waals surface area contributed by atoms with Crippen molar-refractivity contribution in [1.29, 1.82) is 0 Å². The van der Waals surface area contributed by atoms with Crippen LogP contribution in [0.25, 0.3) is 0 Å². The van der Waals surface area contributed by atoms with Crippen molar-refractivity contribution in [2.24, 2.45) is 0 Å². The standard InChI is InChI=1S/C12H12BrNO2/c13-12-6-11(8-15-12)7-14-16-9-10-4-2-1-3-5-10/h1-6,8,14H,7,9H2. The molecule has 1 aromatic carbocycles. The number of hydrogen-bond acceptors (Lipinski definition) is 3. The van der Waals surface area contributed by atoms with Gasteiger partial charge in [0.2, 0.25) is 0 Å². The van der Waals surface area contributed by atoms with E-state index >= 15 is 0 Å². The van der Waals surface area contributed by atoms with Crippen LogP contribution in [0.4, 0.5) is 0 Å². The number of rotatable bonds is 5. The van der Waals surface area contributed by atoms with Gasteiger partial charge in [-0.2, -0.15) is 5.48 Å². The fourth-order valence-electron chi connectivity index (χ4n) is 1.28. The van der Waals surface area contributed by atoms with E-state index in [1.807, 2.05) is 36.4 Å². The Hall–Kier alpha value is -1.10. The molecule has 84 valence electrons. The van der Waals surface area contributed by atoms with E-state index in [2.05, 4.69) is 21.4 Å². The summed E-state index contributed by atoms with van der Waals surface area (Å²) in [5.41, 5.74) is 5.07. The summed E-state index contributed by atoms with van der Waals surface area (Å²) in [7, 11) is 0. The molecule has 1 N–H and O–H groups in total. The molecule has 16 heavy (non-hydrogen) atoms. The second-order valence-electron chi connectivity index (χ2n) is 3.35. The molecule has 0 unspecified atom stereocenters. The van der Waals surface area contributed by atoms with Gasteiger partial charge in [0.25, 0.3) is 0 Å². The summed E-state index contributed by atoms with van der Waals surface area (Å²) in [5, 5.41) is 0. The lowest BCUT2D eigenvalue weighted by Crippen LogP contribution is -2.13. The maximum atomic E-state index is 5.33. The Morgan fingerprint density at radius 3 is 2.69 bits per heavy atom. The SMILES string of the molecule is Brc1cc(CNOCc2ccccc2)co1. The Labute approximate surface area is 102 Å². The molecule has 3 nitrogen and oxygen atoms in total. The molecule has 2 rings (SSSR count). The first-order chi connectivity index (χ1) is 7.84. The zero-order chi connectivity index (χ0) is 11.2. The smallest absolute Gasteiger partial charge is 0.169 e. The van der Waals surface area contributed by atoms with E-state index in [0.717, 1.165) is 15.8 Å². The second-order valence-corrected chi connectivity index (χ2v) is 4.14. The first kappa shape index (κ1) is 11.4. The van der Waals surface area contributed by atoms with Gasteiger partial charge in [0.15, 0.2) is 4.67 Å². The third-order valence-corrected chi connectivity index (χ3v) is 2.50. The van der Waals surface area contributed by atoms with Gasteiger partial charge in [-0.1, -0.05) is 30.3 Å². The fraction of sp³-hybridized carbons (Fsp3) is 0.167. The molecule has 0 amide bonds. The predicted molar refractivity (Wildman–Crippen MR) is 64.5 cm³/mol. The van der Waals surface area contributed by atoms with Crippen LogP contribution in [0.2, 0.25) is 0 Å². The van der Waals surface area contributed by atoms with Gasteiger partial charge in [-0.15, -0.1) is 0 Å². The normalized spacial score (nSPS) is 10.6. The van der Waals surface area contributed by atoms with Gasteiger partial charge < -0.3 is 4.42 Å². The summed E-state index contributed by atoms with van der Waals surface area (Å²) in [6, 6.07) is 11.9. The van der Waals surface area contributed by atoms with Crippen LogP contribution in [0.3, 0.4) is 0 Å². The first-order valence-corrected chi connectivity index (χ1v) is 5.75. The van der Waals surface area contributed by atoms with Crippen molar-refractivity contribution in [3.63, 3.8) is 0 Å². The number of nitrogens with one attached hydrogen (secondary N) is 1. The van der Waals surface area contributed by atoms with Gasteiger partial charge in [0.1, 0.15) is 0 Å². The minimum Gasteiger partial charge on any atom is -0.457 e. The molecule has 1 heterocycles. The maximum Gasteiger partial charge on any atom is 0.169 e. The molecule has 0 aliphatic heterocycles. The topological polar surface area (TPSA) is 34.4 Å². The van der Waals surface area contributed by atoms with E-state index in [-0.39, 0.29) is 0 Å². The molecule has 0 saturated heterocycles. The highest BCUT2D eigenvalue weighted by atomic mass is 79.9. The minimum atomic E-state index is 0.555. The van der Waals surface area contributed by atoms with E-state index in [4.69, 9.17) is 9.25 Å². The number of hydrogen-bond donors (Lipinski definition) is 1. The van der Waals surface area contributed by atoms with E-state index < -0.39 is 0 Å². The summed E-state index contributed by atoms with van der Waals surface area (Å²) < 4.78 is 5.83.